The van der Waals surface area contributed by atoms with Crippen molar-refractivity contribution in [2.75, 3.05) is 26.4 Å². The van der Waals surface area contributed by atoms with Gasteiger partial charge < -0.3 is 24.2 Å². The monoisotopic (exact) mass is 501 g/mol. The second-order valence-electron chi connectivity index (χ2n) is 9.18. The smallest absolute Gasteiger partial charge is 0.295 e. The standard InChI is InChI=1S/C30H31NO6/c1-3-35-20-14-15-24(25(17-20)36-4-2)28(32)26-27(23-13-7-10-19-9-5-6-12-22(19)23)31(30(34)29(26)33)18-21-11-8-16-37-21/h5-7,9-10,12-15,17,21,27,32H,3-4,8,11,16,18H2,1-2H3/b28-26+. The number of hydrogen-bond acceptors (Lipinski definition) is 6. The van der Waals surface area contributed by atoms with E-state index in [4.69, 9.17) is 14.2 Å². The van der Waals surface area contributed by atoms with Crippen molar-refractivity contribution in [3.8, 4) is 11.5 Å². The van der Waals surface area contributed by atoms with Crippen molar-refractivity contribution in [3.05, 3.63) is 77.4 Å². The number of ether oxygens (including phenoxy) is 3. The Labute approximate surface area is 216 Å². The fraction of sp³-hybridized carbons (Fsp3) is 0.333. The van der Waals surface area contributed by atoms with Gasteiger partial charge in [0.1, 0.15) is 17.3 Å². The molecule has 1 amide bonds. The first-order chi connectivity index (χ1) is 18.0. The molecule has 0 spiro atoms. The second-order valence-corrected chi connectivity index (χ2v) is 9.18. The van der Waals surface area contributed by atoms with Gasteiger partial charge in [-0.3, -0.25) is 9.59 Å². The molecule has 37 heavy (non-hydrogen) atoms. The van der Waals surface area contributed by atoms with Crippen LogP contribution in [0, 0.1) is 0 Å². The highest BCUT2D eigenvalue weighted by Gasteiger charge is 2.47. The maximum atomic E-state index is 13.5. The van der Waals surface area contributed by atoms with Gasteiger partial charge in [-0.2, -0.15) is 0 Å². The summed E-state index contributed by atoms with van der Waals surface area (Å²) in [5.41, 5.74) is 1.16. The van der Waals surface area contributed by atoms with E-state index in [1.165, 1.54) is 0 Å². The SMILES string of the molecule is CCOc1ccc(/C(O)=C2\C(=O)C(=O)N(CC3CCCO3)C2c2cccc3ccccc23)c(OCC)c1. The number of ketones is 1. The molecule has 0 aliphatic carbocycles. The summed E-state index contributed by atoms with van der Waals surface area (Å²) >= 11 is 0. The summed E-state index contributed by atoms with van der Waals surface area (Å²) in [5, 5.41) is 13.5. The molecule has 2 aliphatic rings. The summed E-state index contributed by atoms with van der Waals surface area (Å²) in [5.74, 6) is -0.652. The van der Waals surface area contributed by atoms with Gasteiger partial charge in [-0.15, -0.1) is 0 Å². The largest absolute Gasteiger partial charge is 0.507 e. The van der Waals surface area contributed by atoms with Gasteiger partial charge in [-0.05, 0) is 55.2 Å². The lowest BCUT2D eigenvalue weighted by atomic mass is 9.91. The van der Waals surface area contributed by atoms with Gasteiger partial charge in [-0.1, -0.05) is 42.5 Å². The number of Topliss-reactive ketones (excluding diaryl/α,β-unsaturated/α-hetero) is 1. The Morgan fingerprint density at radius 1 is 1.03 bits per heavy atom. The second kappa shape index (κ2) is 10.6. The summed E-state index contributed by atoms with van der Waals surface area (Å²) in [4.78, 5) is 28.5. The summed E-state index contributed by atoms with van der Waals surface area (Å²) in [7, 11) is 0. The van der Waals surface area contributed by atoms with Crippen LogP contribution in [0.25, 0.3) is 16.5 Å². The molecule has 192 valence electrons. The van der Waals surface area contributed by atoms with E-state index in [9.17, 15) is 14.7 Å². The number of hydrogen-bond donors (Lipinski definition) is 1. The third-order valence-electron chi connectivity index (χ3n) is 6.90. The third-order valence-corrected chi connectivity index (χ3v) is 6.90. The minimum Gasteiger partial charge on any atom is -0.507 e. The zero-order chi connectivity index (χ0) is 25.9. The molecule has 0 radical (unpaired) electrons. The molecule has 7 heteroatoms. The number of nitrogens with zero attached hydrogens (tertiary/aromatic N) is 1. The quantitative estimate of drug-likeness (QED) is 0.258. The van der Waals surface area contributed by atoms with Crippen LogP contribution < -0.4 is 9.47 Å². The van der Waals surface area contributed by atoms with Crippen LogP contribution in [-0.4, -0.2) is 54.2 Å². The fourth-order valence-electron chi connectivity index (χ4n) is 5.26. The third kappa shape index (κ3) is 4.67. The van der Waals surface area contributed by atoms with Crippen molar-refractivity contribution in [3.63, 3.8) is 0 Å². The van der Waals surface area contributed by atoms with Gasteiger partial charge in [0.05, 0.1) is 36.5 Å². The normalized spacial score (nSPS) is 21.1. The van der Waals surface area contributed by atoms with Gasteiger partial charge in [0, 0.05) is 19.2 Å². The maximum Gasteiger partial charge on any atom is 0.295 e. The first-order valence-corrected chi connectivity index (χ1v) is 12.8. The summed E-state index contributed by atoms with van der Waals surface area (Å²) in [6, 6.07) is 18.0. The van der Waals surface area contributed by atoms with Gasteiger partial charge in [-0.25, -0.2) is 0 Å². The molecule has 5 rings (SSSR count). The first kappa shape index (κ1) is 24.8. The Bertz CT molecular complexity index is 1350. The molecule has 3 aromatic rings. The summed E-state index contributed by atoms with van der Waals surface area (Å²) in [6.07, 6.45) is 1.58. The van der Waals surface area contributed by atoms with E-state index in [0.29, 0.717) is 36.9 Å². The molecular weight excluding hydrogens is 470 g/mol. The molecule has 0 saturated carbocycles. The molecule has 0 aromatic heterocycles. The van der Waals surface area contributed by atoms with Crippen molar-refractivity contribution in [2.24, 2.45) is 0 Å². The maximum absolute atomic E-state index is 13.5. The Morgan fingerprint density at radius 3 is 2.57 bits per heavy atom. The minimum absolute atomic E-state index is 0.0458. The first-order valence-electron chi connectivity index (χ1n) is 12.8. The summed E-state index contributed by atoms with van der Waals surface area (Å²) in [6.45, 7) is 5.47. The highest BCUT2D eigenvalue weighted by molar-refractivity contribution is 6.46. The molecule has 7 nitrogen and oxygen atoms in total. The van der Waals surface area contributed by atoms with E-state index in [1.807, 2.05) is 56.3 Å². The van der Waals surface area contributed by atoms with Crippen molar-refractivity contribution in [1.29, 1.82) is 0 Å². The molecule has 2 saturated heterocycles. The number of rotatable bonds is 8. The number of fused-ring (bicyclic) bond motifs is 1. The van der Waals surface area contributed by atoms with Gasteiger partial charge in [0.2, 0.25) is 0 Å². The minimum atomic E-state index is -0.767. The molecule has 2 atom stereocenters. The number of benzene rings is 3. The van der Waals surface area contributed by atoms with Gasteiger partial charge in [0.25, 0.3) is 11.7 Å². The van der Waals surface area contributed by atoms with Crippen LogP contribution >= 0.6 is 0 Å². The molecule has 3 aromatic carbocycles. The predicted molar refractivity (Wildman–Crippen MR) is 141 cm³/mol. The molecule has 2 unspecified atom stereocenters. The summed E-state index contributed by atoms with van der Waals surface area (Å²) < 4.78 is 17.2. The van der Waals surface area contributed by atoms with Crippen LogP contribution in [0.3, 0.4) is 0 Å². The fourth-order valence-corrected chi connectivity index (χ4v) is 5.26. The number of aliphatic hydroxyl groups is 1. The molecule has 2 heterocycles. The zero-order valence-corrected chi connectivity index (χ0v) is 21.1. The van der Waals surface area contributed by atoms with Gasteiger partial charge in [0.15, 0.2) is 0 Å². The van der Waals surface area contributed by atoms with Crippen LogP contribution in [-0.2, 0) is 14.3 Å². The van der Waals surface area contributed by atoms with Crippen LogP contribution in [0.1, 0.15) is 43.9 Å². The molecule has 2 aliphatic heterocycles. The van der Waals surface area contributed by atoms with Crippen molar-refractivity contribution in [1.82, 2.24) is 4.90 Å². The highest BCUT2D eigenvalue weighted by atomic mass is 16.5. The zero-order valence-electron chi connectivity index (χ0n) is 21.1. The lowest BCUT2D eigenvalue weighted by molar-refractivity contribution is -0.140. The number of amides is 1. The van der Waals surface area contributed by atoms with Crippen LogP contribution in [0.5, 0.6) is 11.5 Å². The van der Waals surface area contributed by atoms with E-state index in [-0.39, 0.29) is 24.0 Å². The van der Waals surface area contributed by atoms with Crippen molar-refractivity contribution >= 4 is 28.2 Å². The Hall–Kier alpha value is -3.84. The molecular formula is C30H31NO6. The average Bonchev–Trinajstić information content (AvgIpc) is 3.51. The van der Waals surface area contributed by atoms with Crippen molar-refractivity contribution < 1.29 is 28.9 Å². The van der Waals surface area contributed by atoms with E-state index >= 15 is 0 Å². The number of carbonyl (C=O) groups is 2. The van der Waals surface area contributed by atoms with Gasteiger partial charge >= 0.3 is 0 Å². The van der Waals surface area contributed by atoms with E-state index in [2.05, 4.69) is 0 Å². The Balaban J connectivity index is 1.70. The predicted octanol–water partition coefficient (Wildman–Crippen LogP) is 5.24. The Morgan fingerprint density at radius 2 is 1.81 bits per heavy atom. The van der Waals surface area contributed by atoms with Crippen molar-refractivity contribution in [2.45, 2.75) is 38.8 Å². The number of carbonyl (C=O) groups excluding carboxylic acids is 2. The van der Waals surface area contributed by atoms with E-state index in [1.54, 1.807) is 23.1 Å². The number of likely N-dealkylation sites (tertiary alicyclic amines) is 1. The van der Waals surface area contributed by atoms with Crippen LogP contribution in [0.15, 0.2) is 66.2 Å². The molecule has 0 bridgehead atoms. The topological polar surface area (TPSA) is 85.3 Å². The van der Waals surface area contributed by atoms with Crippen LogP contribution in [0.2, 0.25) is 0 Å². The van der Waals surface area contributed by atoms with E-state index in [0.717, 1.165) is 29.2 Å². The highest BCUT2D eigenvalue weighted by Crippen LogP contribution is 2.44. The average molecular weight is 502 g/mol. The molecule has 1 N–H and O–H groups in total. The van der Waals surface area contributed by atoms with E-state index < -0.39 is 17.7 Å². The lowest BCUT2D eigenvalue weighted by Gasteiger charge is -2.28. The Kier molecular flexibility index (Phi) is 7.15. The lowest BCUT2D eigenvalue weighted by Crippen LogP contribution is -2.36. The molecule has 2 fully saturated rings. The number of aliphatic hydroxyl groups excluding tert-OH is 1. The van der Waals surface area contributed by atoms with Crippen LogP contribution in [0.4, 0.5) is 0 Å².